The van der Waals surface area contributed by atoms with Gasteiger partial charge in [0.1, 0.15) is 0 Å². The summed E-state index contributed by atoms with van der Waals surface area (Å²) in [5.41, 5.74) is 0. The van der Waals surface area contributed by atoms with Gasteiger partial charge in [-0.15, -0.1) is 0 Å². The average molecular weight is 443 g/mol. The smallest absolute Gasteiger partial charge is 0.175 e. The third kappa shape index (κ3) is 5.06. The summed E-state index contributed by atoms with van der Waals surface area (Å²) in [6.45, 7) is 0. The second-order valence-electron chi connectivity index (χ2n) is 4.90. The van der Waals surface area contributed by atoms with Crippen molar-refractivity contribution in [1.29, 1.82) is 0 Å². The van der Waals surface area contributed by atoms with Crippen molar-refractivity contribution >= 4 is 64.5 Å². The van der Waals surface area contributed by atoms with Gasteiger partial charge in [0.2, 0.25) is 0 Å². The molecule has 0 aliphatic carbocycles. The van der Waals surface area contributed by atoms with Crippen molar-refractivity contribution in [1.82, 2.24) is 0 Å². The van der Waals surface area contributed by atoms with Crippen molar-refractivity contribution in [3.05, 3.63) is 46.4 Å². The monoisotopic (exact) mass is 442 g/mol. The number of sulfone groups is 2. The second kappa shape index (κ2) is 7.47. The summed E-state index contributed by atoms with van der Waals surface area (Å²) < 4.78 is 46.0. The van der Waals surface area contributed by atoms with Crippen LogP contribution in [0.3, 0.4) is 0 Å². The molecule has 130 valence electrons. The molecule has 0 spiro atoms. The molecule has 2 aromatic carbocycles. The Hall–Kier alpha value is -0.380. The van der Waals surface area contributed by atoms with Gasteiger partial charge in [-0.25, -0.2) is 16.8 Å². The van der Waals surface area contributed by atoms with E-state index >= 15 is 0 Å². The summed E-state index contributed by atoms with van der Waals surface area (Å²) in [7, 11) is -4.02. The molecule has 0 amide bonds. The van der Waals surface area contributed by atoms with Crippen LogP contribution in [0.2, 0.25) is 10.0 Å². The Morgan fingerprint density at radius 1 is 0.708 bits per heavy atom. The van der Waals surface area contributed by atoms with Gasteiger partial charge >= 0.3 is 0 Å². The van der Waals surface area contributed by atoms with Crippen LogP contribution in [0.15, 0.2) is 56.0 Å². The quantitative estimate of drug-likeness (QED) is 0.630. The zero-order chi connectivity index (χ0) is 18.1. The van der Waals surface area contributed by atoms with Crippen LogP contribution >= 0.6 is 44.8 Å². The van der Waals surface area contributed by atoms with Crippen molar-refractivity contribution in [2.45, 2.75) is 19.6 Å². The molecule has 0 bridgehead atoms. The maximum Gasteiger partial charge on any atom is 0.175 e. The molecule has 24 heavy (non-hydrogen) atoms. The Morgan fingerprint density at radius 2 is 1.04 bits per heavy atom. The maximum absolute atomic E-state index is 11.5. The minimum absolute atomic E-state index is 0.150. The van der Waals surface area contributed by atoms with E-state index in [1.165, 1.54) is 45.9 Å². The van der Waals surface area contributed by atoms with Gasteiger partial charge < -0.3 is 0 Å². The molecule has 2 rings (SSSR count). The molecule has 0 heterocycles. The Morgan fingerprint density at radius 3 is 1.29 bits per heavy atom. The molecule has 10 heteroatoms. The highest BCUT2D eigenvalue weighted by Gasteiger charge is 2.13. The summed E-state index contributed by atoms with van der Waals surface area (Å²) >= 11 is 12.2. The van der Waals surface area contributed by atoms with Crippen LogP contribution in [0, 0.1) is 0 Å². The molecule has 4 nitrogen and oxygen atoms in total. The third-order valence-corrected chi connectivity index (χ3v) is 8.44. The summed E-state index contributed by atoms with van der Waals surface area (Å²) in [6.07, 6.45) is 2.23. The molecule has 0 aliphatic heterocycles. The van der Waals surface area contributed by atoms with Gasteiger partial charge in [0.15, 0.2) is 19.7 Å². The van der Waals surface area contributed by atoms with Crippen molar-refractivity contribution in [3.63, 3.8) is 0 Å². The normalized spacial score (nSPS) is 12.3. The first-order valence-electron chi connectivity index (χ1n) is 6.32. The van der Waals surface area contributed by atoms with Crippen molar-refractivity contribution in [2.24, 2.45) is 0 Å². The fourth-order valence-electron chi connectivity index (χ4n) is 1.65. The number of hydrogen-bond acceptors (Lipinski definition) is 6. The second-order valence-corrected chi connectivity index (χ2v) is 12.0. The van der Waals surface area contributed by atoms with Crippen molar-refractivity contribution < 1.29 is 16.8 Å². The third-order valence-electron chi connectivity index (χ3n) is 2.88. The zero-order valence-electron chi connectivity index (χ0n) is 12.5. The van der Waals surface area contributed by atoms with E-state index < -0.39 is 19.7 Å². The Labute approximate surface area is 159 Å². The van der Waals surface area contributed by atoms with Gasteiger partial charge in [-0.2, -0.15) is 0 Å². The molecule has 0 radical (unpaired) electrons. The predicted octanol–water partition coefficient (Wildman–Crippen LogP) is 4.60. The highest BCUT2D eigenvalue weighted by molar-refractivity contribution is 8.76. The highest BCUT2D eigenvalue weighted by atomic mass is 35.5. The van der Waals surface area contributed by atoms with E-state index in [9.17, 15) is 16.8 Å². The molecule has 0 saturated heterocycles. The lowest BCUT2D eigenvalue weighted by Gasteiger charge is -2.08. The van der Waals surface area contributed by atoms with Gasteiger partial charge in [0.25, 0.3) is 0 Å². The Kier molecular flexibility index (Phi) is 6.21. The largest absolute Gasteiger partial charge is 0.224 e. The lowest BCUT2D eigenvalue weighted by atomic mass is 10.4. The van der Waals surface area contributed by atoms with E-state index in [-0.39, 0.29) is 9.79 Å². The first-order chi connectivity index (χ1) is 11.0. The topological polar surface area (TPSA) is 68.3 Å². The first-order valence-corrected chi connectivity index (χ1v) is 13.0. The lowest BCUT2D eigenvalue weighted by molar-refractivity contribution is 0.600. The van der Waals surface area contributed by atoms with Crippen molar-refractivity contribution in [3.8, 4) is 0 Å². The standard InChI is InChI=1S/C14H12Cl2O4S4/c1-23(17,18)9-3-5-13(11(15)7-9)21-22-14-6-4-10(8-12(14)16)24(2,19)20/h3-8H,1-2H3. The van der Waals surface area contributed by atoms with Crippen LogP contribution < -0.4 is 0 Å². The predicted molar refractivity (Wildman–Crippen MR) is 101 cm³/mol. The number of hydrogen-bond donors (Lipinski definition) is 0. The Balaban J connectivity index is 2.20. The van der Waals surface area contributed by atoms with E-state index in [0.717, 1.165) is 12.5 Å². The van der Waals surface area contributed by atoms with Gasteiger partial charge in [-0.1, -0.05) is 44.8 Å². The van der Waals surface area contributed by atoms with Gasteiger partial charge in [0.05, 0.1) is 19.8 Å². The summed E-state index contributed by atoms with van der Waals surface area (Å²) in [6, 6.07) is 9.00. The van der Waals surface area contributed by atoms with Crippen molar-refractivity contribution in [2.75, 3.05) is 12.5 Å². The summed E-state index contributed by atoms with van der Waals surface area (Å²) in [4.78, 5) is 1.66. The number of halogens is 2. The van der Waals surface area contributed by atoms with E-state index in [0.29, 0.717) is 19.8 Å². The maximum atomic E-state index is 11.5. The molecular weight excluding hydrogens is 431 g/mol. The average Bonchev–Trinajstić information content (AvgIpc) is 2.45. The number of benzene rings is 2. The molecule has 0 atom stereocenters. The number of rotatable bonds is 5. The van der Waals surface area contributed by atoms with E-state index in [1.54, 1.807) is 12.1 Å². The minimum Gasteiger partial charge on any atom is -0.224 e. The molecule has 2 aromatic rings. The summed E-state index contributed by atoms with van der Waals surface area (Å²) in [5, 5.41) is 0.638. The van der Waals surface area contributed by atoms with E-state index in [1.807, 2.05) is 0 Å². The lowest BCUT2D eigenvalue weighted by Crippen LogP contribution is -1.96. The molecular formula is C14H12Cl2O4S4. The van der Waals surface area contributed by atoms with Crippen LogP contribution in [-0.4, -0.2) is 29.3 Å². The molecule has 0 saturated carbocycles. The van der Waals surface area contributed by atoms with Gasteiger partial charge in [-0.3, -0.25) is 0 Å². The highest BCUT2D eigenvalue weighted by Crippen LogP contribution is 2.44. The Bertz CT molecular complexity index is 904. The van der Waals surface area contributed by atoms with E-state index in [2.05, 4.69) is 0 Å². The van der Waals surface area contributed by atoms with Crippen LogP contribution in [0.4, 0.5) is 0 Å². The van der Waals surface area contributed by atoms with Crippen LogP contribution in [-0.2, 0) is 19.7 Å². The zero-order valence-corrected chi connectivity index (χ0v) is 17.3. The van der Waals surface area contributed by atoms with Crippen LogP contribution in [0.1, 0.15) is 0 Å². The minimum atomic E-state index is -3.31. The molecule has 0 aromatic heterocycles. The van der Waals surface area contributed by atoms with Gasteiger partial charge in [-0.05, 0) is 36.4 Å². The molecule has 0 N–H and O–H groups in total. The first kappa shape index (κ1) is 19.9. The summed E-state index contributed by atoms with van der Waals surface area (Å²) in [5.74, 6) is 0. The molecule has 0 fully saturated rings. The van der Waals surface area contributed by atoms with Gasteiger partial charge in [0, 0.05) is 22.3 Å². The molecule has 0 aliphatic rings. The van der Waals surface area contributed by atoms with E-state index in [4.69, 9.17) is 23.2 Å². The fourth-order valence-corrected chi connectivity index (χ4v) is 6.05. The van der Waals surface area contributed by atoms with Crippen LogP contribution in [0.25, 0.3) is 0 Å². The fraction of sp³-hybridized carbons (Fsp3) is 0.143. The van der Waals surface area contributed by atoms with Crippen LogP contribution in [0.5, 0.6) is 0 Å². The SMILES string of the molecule is CS(=O)(=O)c1ccc(SSc2ccc(S(C)(=O)=O)cc2Cl)c(Cl)c1. The molecule has 0 unspecified atom stereocenters.